The van der Waals surface area contributed by atoms with Gasteiger partial charge >= 0.3 is 0 Å². The highest BCUT2D eigenvalue weighted by molar-refractivity contribution is 7.89. The van der Waals surface area contributed by atoms with E-state index in [1.54, 1.807) is 12.1 Å². The van der Waals surface area contributed by atoms with Gasteiger partial charge in [0, 0.05) is 6.54 Å². The van der Waals surface area contributed by atoms with Gasteiger partial charge in [0.2, 0.25) is 10.0 Å². The highest BCUT2D eigenvalue weighted by atomic mass is 127. The second kappa shape index (κ2) is 10.6. The lowest BCUT2D eigenvalue weighted by atomic mass is 10.2. The summed E-state index contributed by atoms with van der Waals surface area (Å²) in [4.78, 5) is 0.346. The van der Waals surface area contributed by atoms with Crippen molar-refractivity contribution < 1.29 is 36.9 Å². The maximum Gasteiger partial charge on any atom is 0.240 e. The number of aryl methyl sites for hydroxylation is 1. The molecule has 0 aliphatic rings. The number of sulfonamides is 1. The maximum atomic E-state index is 12.2. The molecule has 1 N–H and O–H groups in total. The summed E-state index contributed by atoms with van der Waals surface area (Å²) in [6.07, 6.45) is 1.93. The van der Waals surface area contributed by atoms with Crippen LogP contribution in [-0.4, -0.2) is 45.6 Å². The van der Waals surface area contributed by atoms with Crippen molar-refractivity contribution in [3.05, 3.63) is 29.8 Å². The van der Waals surface area contributed by atoms with Crippen LogP contribution in [-0.2, 0) is 10.0 Å². The summed E-state index contributed by atoms with van der Waals surface area (Å²) >= 11 is 0. The van der Waals surface area contributed by atoms with Gasteiger partial charge in [0.25, 0.3) is 0 Å². The largest absolute Gasteiger partial charge is 1.00 e. The third kappa shape index (κ3) is 7.07. The quantitative estimate of drug-likeness (QED) is 0.306. The topological polar surface area (TPSA) is 46.2 Å². The van der Waals surface area contributed by atoms with Gasteiger partial charge in [-0.15, -0.1) is 0 Å². The number of benzene rings is 1. The standard InChI is InChI=1S/C17H31N2O2S.HI/c1-5-19(6-2,7-3)15-9-8-14-18-22(20,21)17-12-10-16(4)11-13-17;/h10-13,18H,5-9,14-15H2,1-4H3;1H/q+1;/p-1. The third-order valence-corrected chi connectivity index (χ3v) is 6.17. The van der Waals surface area contributed by atoms with Gasteiger partial charge in [0.05, 0.1) is 31.1 Å². The molecular formula is C17H31IN2O2S. The van der Waals surface area contributed by atoms with Crippen molar-refractivity contribution in [3.63, 3.8) is 0 Å². The summed E-state index contributed by atoms with van der Waals surface area (Å²) in [6, 6.07) is 6.96. The number of rotatable bonds is 10. The fourth-order valence-corrected chi connectivity index (χ4v) is 3.80. The Morgan fingerprint density at radius 2 is 1.48 bits per heavy atom. The molecule has 0 saturated carbocycles. The van der Waals surface area contributed by atoms with E-state index in [1.165, 1.54) is 0 Å². The molecule has 0 fully saturated rings. The van der Waals surface area contributed by atoms with Gasteiger partial charge in [-0.05, 0) is 52.7 Å². The first-order valence-corrected chi connectivity index (χ1v) is 9.79. The summed E-state index contributed by atoms with van der Waals surface area (Å²) in [6.45, 7) is 13.7. The first-order chi connectivity index (χ1) is 10.4. The number of unbranched alkanes of at least 4 members (excludes halogenated alkanes) is 1. The molecule has 1 aromatic carbocycles. The highest BCUT2D eigenvalue weighted by Crippen LogP contribution is 2.11. The molecule has 1 aromatic rings. The highest BCUT2D eigenvalue weighted by Gasteiger charge is 2.20. The molecule has 0 aliphatic heterocycles. The SMILES string of the molecule is CC[N+](CC)(CC)CCCCNS(=O)(=O)c1ccc(C)cc1.[I-]. The molecule has 4 nitrogen and oxygen atoms in total. The summed E-state index contributed by atoms with van der Waals surface area (Å²) in [5.74, 6) is 0. The van der Waals surface area contributed by atoms with E-state index in [0.717, 1.165) is 49.1 Å². The van der Waals surface area contributed by atoms with Crippen LogP contribution in [0.3, 0.4) is 0 Å². The fourth-order valence-electron chi connectivity index (χ4n) is 2.72. The minimum atomic E-state index is -3.36. The number of quaternary nitrogens is 1. The molecule has 134 valence electrons. The zero-order chi connectivity index (χ0) is 16.6. The molecule has 1 rings (SSSR count). The van der Waals surface area contributed by atoms with Crippen molar-refractivity contribution in [2.24, 2.45) is 0 Å². The van der Waals surface area contributed by atoms with Crippen LogP contribution in [0.15, 0.2) is 29.2 Å². The molecule has 0 spiro atoms. The number of nitrogens with one attached hydrogen (secondary N) is 1. The van der Waals surface area contributed by atoms with Crippen LogP contribution < -0.4 is 28.7 Å². The minimum absolute atomic E-state index is 0. The van der Waals surface area contributed by atoms with Crippen molar-refractivity contribution >= 4 is 10.0 Å². The van der Waals surface area contributed by atoms with Crippen LogP contribution in [0.1, 0.15) is 39.2 Å². The van der Waals surface area contributed by atoms with Crippen molar-refractivity contribution in [1.82, 2.24) is 4.72 Å². The van der Waals surface area contributed by atoms with Crippen LogP contribution in [0.5, 0.6) is 0 Å². The Hall–Kier alpha value is -0.180. The first-order valence-electron chi connectivity index (χ1n) is 8.30. The van der Waals surface area contributed by atoms with Gasteiger partial charge in [-0.2, -0.15) is 0 Å². The molecule has 0 amide bonds. The second-order valence-corrected chi connectivity index (χ2v) is 7.70. The maximum absolute atomic E-state index is 12.2. The Labute approximate surface area is 159 Å². The smallest absolute Gasteiger partial charge is 0.240 e. The molecule has 0 radical (unpaired) electrons. The van der Waals surface area contributed by atoms with Crippen molar-refractivity contribution in [2.45, 2.75) is 45.4 Å². The number of hydrogen-bond donors (Lipinski definition) is 1. The molecule has 0 aliphatic carbocycles. The molecule has 0 aromatic heterocycles. The Morgan fingerprint density at radius 1 is 0.957 bits per heavy atom. The monoisotopic (exact) mass is 454 g/mol. The lowest BCUT2D eigenvalue weighted by Gasteiger charge is -2.35. The number of nitrogens with zero attached hydrogens (tertiary/aromatic N) is 1. The first kappa shape index (κ1) is 22.8. The van der Waals surface area contributed by atoms with Gasteiger partial charge in [-0.25, -0.2) is 13.1 Å². The second-order valence-electron chi connectivity index (χ2n) is 5.93. The van der Waals surface area contributed by atoms with E-state index in [2.05, 4.69) is 25.5 Å². The van der Waals surface area contributed by atoms with E-state index < -0.39 is 10.0 Å². The van der Waals surface area contributed by atoms with Crippen molar-refractivity contribution in [3.8, 4) is 0 Å². The lowest BCUT2D eigenvalue weighted by molar-refractivity contribution is -0.923. The van der Waals surface area contributed by atoms with E-state index in [4.69, 9.17) is 0 Å². The van der Waals surface area contributed by atoms with Gasteiger partial charge in [0.15, 0.2) is 0 Å². The molecule has 0 bridgehead atoms. The summed E-state index contributed by atoms with van der Waals surface area (Å²) in [5, 5.41) is 0. The van der Waals surface area contributed by atoms with Crippen molar-refractivity contribution in [1.29, 1.82) is 0 Å². The average molecular weight is 454 g/mol. The van der Waals surface area contributed by atoms with E-state index in [-0.39, 0.29) is 24.0 Å². The van der Waals surface area contributed by atoms with E-state index in [9.17, 15) is 8.42 Å². The molecule has 0 heterocycles. The zero-order valence-electron chi connectivity index (χ0n) is 14.8. The Kier molecular flexibility index (Phi) is 10.6. The molecule has 0 unspecified atom stereocenters. The predicted octanol–water partition coefficient (Wildman–Crippen LogP) is -0.0660. The van der Waals surface area contributed by atoms with E-state index in [1.807, 2.05) is 19.1 Å². The lowest BCUT2D eigenvalue weighted by Crippen LogP contribution is -3.00. The molecule has 0 atom stereocenters. The van der Waals surface area contributed by atoms with Crippen LogP contribution in [0.25, 0.3) is 0 Å². The van der Waals surface area contributed by atoms with Gasteiger partial charge in [-0.3, -0.25) is 0 Å². The molecule has 0 saturated heterocycles. The predicted molar refractivity (Wildman–Crippen MR) is 92.4 cm³/mol. The number of hydrogen-bond acceptors (Lipinski definition) is 2. The normalized spacial score (nSPS) is 12.0. The van der Waals surface area contributed by atoms with Gasteiger partial charge < -0.3 is 28.5 Å². The van der Waals surface area contributed by atoms with Crippen LogP contribution >= 0.6 is 0 Å². The summed E-state index contributed by atoms with van der Waals surface area (Å²) < 4.78 is 28.1. The van der Waals surface area contributed by atoms with Crippen molar-refractivity contribution in [2.75, 3.05) is 32.7 Å². The zero-order valence-corrected chi connectivity index (χ0v) is 17.8. The third-order valence-electron chi connectivity index (χ3n) is 4.70. The fraction of sp³-hybridized carbons (Fsp3) is 0.647. The molecule has 6 heteroatoms. The van der Waals surface area contributed by atoms with Crippen LogP contribution in [0.4, 0.5) is 0 Å². The Bertz CT molecular complexity index is 532. The summed E-state index contributed by atoms with van der Waals surface area (Å²) in [5.41, 5.74) is 1.06. The Balaban J connectivity index is 0.00000484. The van der Waals surface area contributed by atoms with E-state index in [0.29, 0.717) is 11.4 Å². The van der Waals surface area contributed by atoms with Crippen LogP contribution in [0, 0.1) is 6.92 Å². The number of halogens is 1. The Morgan fingerprint density at radius 3 is 1.96 bits per heavy atom. The molecular weight excluding hydrogens is 423 g/mol. The minimum Gasteiger partial charge on any atom is -1.00 e. The van der Waals surface area contributed by atoms with E-state index >= 15 is 0 Å². The molecule has 23 heavy (non-hydrogen) atoms. The van der Waals surface area contributed by atoms with Gasteiger partial charge in [-0.1, -0.05) is 17.7 Å². The van der Waals surface area contributed by atoms with Crippen LogP contribution in [0.2, 0.25) is 0 Å². The summed E-state index contributed by atoms with van der Waals surface area (Å²) in [7, 11) is -3.36. The van der Waals surface area contributed by atoms with Gasteiger partial charge in [0.1, 0.15) is 0 Å². The average Bonchev–Trinajstić information content (AvgIpc) is 2.52.